The summed E-state index contributed by atoms with van der Waals surface area (Å²) in [6.07, 6.45) is 6.75. The Balaban J connectivity index is 1.86. The van der Waals surface area contributed by atoms with Gasteiger partial charge in [-0.25, -0.2) is 0 Å². The van der Waals surface area contributed by atoms with Crippen LogP contribution in [0.5, 0.6) is 0 Å². The molecule has 0 unspecified atom stereocenters. The number of cyclic esters (lactones) is 1. The van der Waals surface area contributed by atoms with Crippen molar-refractivity contribution in [1.82, 2.24) is 0 Å². The number of oxime groups is 1. The first-order valence-electron chi connectivity index (χ1n) is 22.4. The van der Waals surface area contributed by atoms with Gasteiger partial charge in [0.1, 0.15) is 12.2 Å². The Hall–Kier alpha value is -3.44. The molecule has 0 spiro atoms. The van der Waals surface area contributed by atoms with Gasteiger partial charge in [0.05, 0.1) is 91.7 Å². The van der Waals surface area contributed by atoms with Crippen LogP contribution in [0.25, 0.3) is 0 Å². The zero-order valence-electron chi connectivity index (χ0n) is 37.7. The standard InChI is InChI=1S/C47H74N2O16/c1-28-17-15-13-11-9-7-5-6-8-10-12-14-16-18-35(64-46-45(59)42(48)44(58)31(4)63-46)24-40-36(27-49-61)39(55)26-47(60,65-40)25-34(52)22-38(54)37(53)20-19-32(50)21-33(51)23-41(56)62-30(3)29(2)43(28)57/h5-18,27-40,42-46,50-55,57-61H,19-26,48H2,1-4H3/b6-5+,9-7+,10-8+,13-11+,14-12+,17-15+,18-16+,49-27+/t28-,29-,30-,31+,32+,33+,34-,35-,36+,37+,38+,39-,40-,42-,43+,44+,45-,46-,47+/m0/s1. The third kappa shape index (κ3) is 19.0. The molecule has 18 heteroatoms. The van der Waals surface area contributed by atoms with Crippen molar-refractivity contribution in [2.24, 2.45) is 28.6 Å². The number of carbonyl (C=O) groups is 1. The molecule has 2 saturated heterocycles. The van der Waals surface area contributed by atoms with E-state index in [1.165, 1.54) is 0 Å². The predicted octanol–water partition coefficient (Wildman–Crippen LogP) is 1.09. The highest BCUT2D eigenvalue weighted by Gasteiger charge is 2.48. The summed E-state index contributed by atoms with van der Waals surface area (Å²) in [5.74, 6) is -4.63. The zero-order chi connectivity index (χ0) is 48.3. The number of aliphatic hydroxyl groups excluding tert-OH is 9. The van der Waals surface area contributed by atoms with Gasteiger partial charge < -0.3 is 81.0 Å². The number of hydrogen-bond donors (Lipinski definition) is 12. The number of rotatable bonds is 3. The van der Waals surface area contributed by atoms with Gasteiger partial charge in [-0.15, -0.1) is 5.16 Å². The van der Waals surface area contributed by atoms with E-state index in [1.807, 2.05) is 49.5 Å². The van der Waals surface area contributed by atoms with Crippen molar-refractivity contribution in [2.45, 2.75) is 177 Å². The van der Waals surface area contributed by atoms with Crippen molar-refractivity contribution in [3.8, 4) is 0 Å². The summed E-state index contributed by atoms with van der Waals surface area (Å²) in [6, 6.07) is -1.10. The Labute approximate surface area is 381 Å². The second-order valence-corrected chi connectivity index (χ2v) is 17.5. The summed E-state index contributed by atoms with van der Waals surface area (Å²) in [5.41, 5.74) is 6.05. The van der Waals surface area contributed by atoms with Crippen molar-refractivity contribution in [1.29, 1.82) is 0 Å². The third-order valence-corrected chi connectivity index (χ3v) is 12.0. The number of allylic oxidation sites excluding steroid dienone is 12. The normalized spacial score (nSPS) is 45.7. The summed E-state index contributed by atoms with van der Waals surface area (Å²) >= 11 is 0. The van der Waals surface area contributed by atoms with Crippen molar-refractivity contribution in [2.75, 3.05) is 0 Å². The fourth-order valence-corrected chi connectivity index (χ4v) is 7.94. The van der Waals surface area contributed by atoms with Gasteiger partial charge in [-0.2, -0.15) is 0 Å². The highest BCUT2D eigenvalue weighted by Crippen LogP contribution is 2.37. The lowest BCUT2D eigenvalue weighted by molar-refractivity contribution is -0.304. The molecule has 2 fully saturated rings. The summed E-state index contributed by atoms with van der Waals surface area (Å²) in [7, 11) is 0. The molecule has 3 rings (SSSR count). The molecule has 3 aliphatic heterocycles. The molecule has 3 heterocycles. The fraction of sp³-hybridized carbons (Fsp3) is 0.660. The molecular formula is C47H74N2O16. The molecule has 13 N–H and O–H groups in total. The number of ether oxygens (including phenoxy) is 4. The fourth-order valence-electron chi connectivity index (χ4n) is 7.94. The molecule has 0 amide bonds. The molecule has 0 saturated carbocycles. The number of nitrogens with two attached hydrogens (primary N) is 1. The van der Waals surface area contributed by atoms with E-state index in [1.54, 1.807) is 63.3 Å². The summed E-state index contributed by atoms with van der Waals surface area (Å²) in [5, 5.41) is 121. The largest absolute Gasteiger partial charge is 0.462 e. The lowest BCUT2D eigenvalue weighted by atomic mass is 9.83. The van der Waals surface area contributed by atoms with Crippen molar-refractivity contribution < 1.29 is 80.0 Å². The first kappa shape index (κ1) is 55.9. The predicted molar refractivity (Wildman–Crippen MR) is 240 cm³/mol. The second-order valence-electron chi connectivity index (χ2n) is 17.5. The Morgan fingerprint density at radius 2 is 1.26 bits per heavy atom. The Morgan fingerprint density at radius 3 is 1.86 bits per heavy atom. The molecule has 18 nitrogen and oxygen atoms in total. The third-order valence-electron chi connectivity index (χ3n) is 12.0. The van der Waals surface area contributed by atoms with Crippen LogP contribution in [0.15, 0.2) is 90.2 Å². The van der Waals surface area contributed by atoms with Crippen LogP contribution in [0.2, 0.25) is 0 Å². The average molecular weight is 923 g/mol. The number of aliphatic hydroxyl groups is 10. The van der Waals surface area contributed by atoms with Gasteiger partial charge in [0.25, 0.3) is 0 Å². The molecule has 19 atom stereocenters. The van der Waals surface area contributed by atoms with Gasteiger partial charge in [-0.1, -0.05) is 98.9 Å². The average Bonchev–Trinajstić information content (AvgIpc) is 3.23. The SMILES string of the molecule is C[C@@H]1[C@H](O)[C@@H](C)/C=C/C=C/C=C/C=C/C=C/C=C/C=C/[C@H](O[C@@H]2O[C@H](C)[C@@H](O)[C@H](N)[C@@H]2O)C[C@@H]2O[C@](O)(C[C@@H](O)C[C@@H](O)[C@H](O)CC[C@@H](O)C[C@@H](O)CC(=O)O[C@H]1C)C[C@H](O)[C@H]2/C=N/O. The van der Waals surface area contributed by atoms with Gasteiger partial charge >= 0.3 is 5.97 Å². The van der Waals surface area contributed by atoms with Crippen LogP contribution in [0.3, 0.4) is 0 Å². The Bertz CT molecular complexity index is 1650. The van der Waals surface area contributed by atoms with E-state index in [9.17, 15) is 61.1 Å². The van der Waals surface area contributed by atoms with Crippen LogP contribution in [0, 0.1) is 17.8 Å². The number of hydrogen-bond acceptors (Lipinski definition) is 18. The lowest BCUT2D eigenvalue weighted by Gasteiger charge is -2.45. The summed E-state index contributed by atoms with van der Waals surface area (Å²) in [6.45, 7) is 6.80. The minimum atomic E-state index is -2.19. The highest BCUT2D eigenvalue weighted by atomic mass is 16.7. The smallest absolute Gasteiger partial charge is 0.308 e. The van der Waals surface area contributed by atoms with Crippen LogP contribution in [-0.4, -0.2) is 166 Å². The minimum absolute atomic E-state index is 0.0821. The number of nitrogens with zero attached hydrogens (tertiary/aromatic N) is 1. The van der Waals surface area contributed by atoms with Crippen LogP contribution < -0.4 is 5.73 Å². The van der Waals surface area contributed by atoms with Crippen molar-refractivity contribution in [3.63, 3.8) is 0 Å². The van der Waals surface area contributed by atoms with E-state index in [4.69, 9.17) is 24.7 Å². The molecule has 0 aliphatic carbocycles. The van der Waals surface area contributed by atoms with Gasteiger partial charge in [0, 0.05) is 37.5 Å². The van der Waals surface area contributed by atoms with Crippen molar-refractivity contribution >= 4 is 12.2 Å². The van der Waals surface area contributed by atoms with E-state index in [-0.39, 0.29) is 31.6 Å². The van der Waals surface area contributed by atoms with Gasteiger partial charge in [-0.3, -0.25) is 4.79 Å². The first-order valence-corrected chi connectivity index (χ1v) is 22.4. The quantitative estimate of drug-likeness (QED) is 0.0816. The topological polar surface area (TPSA) is 315 Å². The maximum atomic E-state index is 12.6. The molecule has 368 valence electrons. The van der Waals surface area contributed by atoms with Crippen molar-refractivity contribution in [3.05, 3.63) is 85.1 Å². The van der Waals surface area contributed by atoms with Crippen LogP contribution in [0.4, 0.5) is 0 Å². The summed E-state index contributed by atoms with van der Waals surface area (Å²) < 4.78 is 23.5. The van der Waals surface area contributed by atoms with Crippen LogP contribution in [0.1, 0.15) is 79.1 Å². The maximum Gasteiger partial charge on any atom is 0.308 e. The molecular weight excluding hydrogens is 849 g/mol. The molecule has 65 heavy (non-hydrogen) atoms. The van der Waals surface area contributed by atoms with E-state index >= 15 is 0 Å². The van der Waals surface area contributed by atoms with E-state index in [0.717, 1.165) is 6.21 Å². The van der Waals surface area contributed by atoms with E-state index < -0.39 is 141 Å². The molecule has 3 aliphatic rings. The first-order chi connectivity index (χ1) is 30.7. The minimum Gasteiger partial charge on any atom is -0.462 e. The number of fused-ring (bicyclic) bond motifs is 2. The van der Waals surface area contributed by atoms with Gasteiger partial charge in [0.2, 0.25) is 0 Å². The lowest BCUT2D eigenvalue weighted by Crippen LogP contribution is -2.61. The maximum absolute atomic E-state index is 12.6. The molecule has 0 aromatic carbocycles. The van der Waals surface area contributed by atoms with E-state index in [2.05, 4.69) is 5.16 Å². The van der Waals surface area contributed by atoms with E-state index in [0.29, 0.717) is 0 Å². The molecule has 2 bridgehead atoms. The Kier molecular flexibility index (Phi) is 24.1. The number of esters is 1. The van der Waals surface area contributed by atoms with Gasteiger partial charge in [0.15, 0.2) is 12.1 Å². The van der Waals surface area contributed by atoms with Crippen LogP contribution >= 0.6 is 0 Å². The van der Waals surface area contributed by atoms with Gasteiger partial charge in [-0.05, 0) is 33.1 Å². The Morgan fingerprint density at radius 1 is 0.677 bits per heavy atom. The molecule has 0 radical (unpaired) electrons. The second kappa shape index (κ2) is 28.0. The monoisotopic (exact) mass is 923 g/mol. The molecule has 0 aromatic rings. The highest BCUT2D eigenvalue weighted by molar-refractivity contribution is 5.70. The summed E-state index contributed by atoms with van der Waals surface area (Å²) in [4.78, 5) is 12.6. The molecule has 0 aromatic heterocycles. The number of carbonyl (C=O) groups excluding carboxylic acids is 1. The zero-order valence-corrected chi connectivity index (χ0v) is 37.7. The van der Waals surface area contributed by atoms with Crippen LogP contribution in [-0.2, 0) is 23.7 Å².